The summed E-state index contributed by atoms with van der Waals surface area (Å²) in [6.07, 6.45) is 3.26. The zero-order chi connectivity index (χ0) is 27.2. The molecular formula is C29H32F3NO4. The molecule has 0 saturated heterocycles. The van der Waals surface area contributed by atoms with Crippen molar-refractivity contribution in [3.8, 4) is 22.8 Å². The van der Waals surface area contributed by atoms with Crippen molar-refractivity contribution in [1.29, 1.82) is 0 Å². The summed E-state index contributed by atoms with van der Waals surface area (Å²) in [5.74, 6) is -3.07. The topological polar surface area (TPSA) is 68.7 Å². The van der Waals surface area contributed by atoms with Crippen molar-refractivity contribution in [3.63, 3.8) is 0 Å². The number of hydrogen-bond donors (Lipinski definition) is 1. The number of hydrogen-bond acceptors (Lipinski definition) is 4. The SMILES string of the molecule is CCCC(C)(C)Cc1cc(COc2cc(F)cc(CCC(=O)O)c2F)ccc1-c1cc(OC)ncc1F. The van der Waals surface area contributed by atoms with Crippen LogP contribution < -0.4 is 9.47 Å². The predicted octanol–water partition coefficient (Wildman–Crippen LogP) is 7.14. The van der Waals surface area contributed by atoms with Crippen LogP contribution in [0, 0.1) is 22.9 Å². The molecule has 0 aliphatic carbocycles. The second kappa shape index (κ2) is 12.1. The molecule has 1 N–H and O–H groups in total. The van der Waals surface area contributed by atoms with E-state index in [1.54, 1.807) is 18.2 Å². The highest BCUT2D eigenvalue weighted by Gasteiger charge is 2.22. The number of aryl methyl sites for hydroxylation is 1. The predicted molar refractivity (Wildman–Crippen MR) is 135 cm³/mol. The molecule has 198 valence electrons. The van der Waals surface area contributed by atoms with E-state index in [-0.39, 0.29) is 36.2 Å². The van der Waals surface area contributed by atoms with Gasteiger partial charge in [-0.25, -0.2) is 18.2 Å². The molecule has 0 radical (unpaired) electrons. The van der Waals surface area contributed by atoms with Gasteiger partial charge in [0.15, 0.2) is 11.6 Å². The van der Waals surface area contributed by atoms with Gasteiger partial charge in [0.2, 0.25) is 5.88 Å². The molecule has 1 heterocycles. The van der Waals surface area contributed by atoms with Gasteiger partial charge in [-0.3, -0.25) is 4.79 Å². The smallest absolute Gasteiger partial charge is 0.303 e. The number of carboxylic acid groups (broad SMARTS) is 1. The van der Waals surface area contributed by atoms with Crippen molar-refractivity contribution in [2.45, 2.75) is 59.5 Å². The second-order valence-electron chi connectivity index (χ2n) is 9.85. The molecule has 0 spiro atoms. The number of pyridine rings is 1. The average Bonchev–Trinajstić information content (AvgIpc) is 2.83. The van der Waals surface area contributed by atoms with E-state index in [0.717, 1.165) is 36.7 Å². The largest absolute Gasteiger partial charge is 0.486 e. The first kappa shape index (κ1) is 28.0. The fraction of sp³-hybridized carbons (Fsp3) is 0.379. The first-order valence-corrected chi connectivity index (χ1v) is 12.2. The highest BCUT2D eigenvalue weighted by molar-refractivity contribution is 5.69. The van der Waals surface area contributed by atoms with Crippen LogP contribution in [0.25, 0.3) is 11.1 Å². The summed E-state index contributed by atoms with van der Waals surface area (Å²) in [7, 11) is 1.47. The highest BCUT2D eigenvalue weighted by Crippen LogP contribution is 2.35. The molecule has 8 heteroatoms. The van der Waals surface area contributed by atoms with Gasteiger partial charge in [0, 0.05) is 24.1 Å². The van der Waals surface area contributed by atoms with Gasteiger partial charge in [-0.2, -0.15) is 0 Å². The Bertz CT molecular complexity index is 1260. The number of ether oxygens (including phenoxy) is 2. The average molecular weight is 516 g/mol. The Morgan fingerprint density at radius 1 is 1.05 bits per heavy atom. The van der Waals surface area contributed by atoms with Crippen LogP contribution >= 0.6 is 0 Å². The van der Waals surface area contributed by atoms with Crippen molar-refractivity contribution in [2.75, 3.05) is 7.11 Å². The lowest BCUT2D eigenvalue weighted by Crippen LogP contribution is -2.15. The summed E-state index contributed by atoms with van der Waals surface area (Å²) in [4.78, 5) is 14.8. The Morgan fingerprint density at radius 3 is 2.49 bits per heavy atom. The standard InChI is InChI=1S/C29H32F3NO4/c1-5-10-29(2,3)15-20-11-18(6-8-22(20)23-14-26(36-4)33-16-24(23)31)17-37-25-13-21(30)12-19(28(25)32)7-9-27(34)35/h6,8,11-14,16H,5,7,9-10,15,17H2,1-4H3,(H,34,35). The first-order chi connectivity index (χ1) is 17.5. The van der Waals surface area contributed by atoms with Crippen molar-refractivity contribution >= 4 is 5.97 Å². The molecule has 0 amide bonds. The van der Waals surface area contributed by atoms with Crippen LogP contribution in [0.4, 0.5) is 13.2 Å². The van der Waals surface area contributed by atoms with E-state index in [2.05, 4.69) is 25.8 Å². The lowest BCUT2D eigenvalue weighted by Gasteiger charge is -2.26. The Hall–Kier alpha value is -3.55. The van der Waals surface area contributed by atoms with E-state index < -0.39 is 23.4 Å². The Morgan fingerprint density at radius 2 is 1.81 bits per heavy atom. The zero-order valence-electron chi connectivity index (χ0n) is 21.5. The molecule has 0 aliphatic rings. The number of aliphatic carboxylic acids is 1. The third-order valence-electron chi connectivity index (χ3n) is 6.18. The third-order valence-corrected chi connectivity index (χ3v) is 6.18. The lowest BCUT2D eigenvalue weighted by atomic mass is 9.79. The quantitative estimate of drug-likeness (QED) is 0.278. The van der Waals surface area contributed by atoms with Gasteiger partial charge in [0.25, 0.3) is 0 Å². The number of carboxylic acids is 1. The second-order valence-corrected chi connectivity index (χ2v) is 9.85. The summed E-state index contributed by atoms with van der Waals surface area (Å²) < 4.78 is 54.5. The molecule has 0 aliphatic heterocycles. The number of aromatic nitrogens is 1. The Balaban J connectivity index is 1.94. The Kier molecular flexibility index (Phi) is 9.18. The lowest BCUT2D eigenvalue weighted by molar-refractivity contribution is -0.136. The monoisotopic (exact) mass is 515 g/mol. The van der Waals surface area contributed by atoms with Gasteiger partial charge in [-0.15, -0.1) is 0 Å². The molecule has 3 aromatic rings. The highest BCUT2D eigenvalue weighted by atomic mass is 19.1. The molecule has 5 nitrogen and oxygen atoms in total. The summed E-state index contributed by atoms with van der Waals surface area (Å²) in [5, 5.41) is 8.87. The number of carbonyl (C=O) groups is 1. The van der Waals surface area contributed by atoms with Crippen LogP contribution in [0.1, 0.15) is 56.7 Å². The van der Waals surface area contributed by atoms with Gasteiger partial charge in [0.05, 0.1) is 13.3 Å². The van der Waals surface area contributed by atoms with Crippen LogP contribution in [0.15, 0.2) is 42.6 Å². The maximum Gasteiger partial charge on any atom is 0.303 e. The molecule has 0 saturated carbocycles. The Labute approximate surface area is 215 Å². The zero-order valence-corrected chi connectivity index (χ0v) is 21.5. The van der Waals surface area contributed by atoms with Gasteiger partial charge in [-0.1, -0.05) is 45.4 Å². The van der Waals surface area contributed by atoms with E-state index >= 15 is 0 Å². The summed E-state index contributed by atoms with van der Waals surface area (Å²) in [5.41, 5.74) is 2.51. The number of methoxy groups -OCH3 is 1. The molecule has 37 heavy (non-hydrogen) atoms. The summed E-state index contributed by atoms with van der Waals surface area (Å²) in [6, 6.07) is 8.90. The minimum absolute atomic E-state index is 0.0532. The van der Waals surface area contributed by atoms with Gasteiger partial charge < -0.3 is 14.6 Å². The first-order valence-electron chi connectivity index (χ1n) is 12.2. The maximum atomic E-state index is 14.8. The molecule has 0 atom stereocenters. The maximum absolute atomic E-state index is 14.8. The number of nitrogens with zero attached hydrogens (tertiary/aromatic N) is 1. The van der Waals surface area contributed by atoms with Crippen LogP contribution in [-0.4, -0.2) is 23.2 Å². The van der Waals surface area contributed by atoms with E-state index in [9.17, 15) is 18.0 Å². The van der Waals surface area contributed by atoms with Crippen LogP contribution in [0.2, 0.25) is 0 Å². The normalized spacial score (nSPS) is 11.4. The van der Waals surface area contributed by atoms with Crippen molar-refractivity contribution in [3.05, 3.63) is 76.7 Å². The van der Waals surface area contributed by atoms with E-state index in [4.69, 9.17) is 14.6 Å². The third kappa shape index (κ3) is 7.47. The van der Waals surface area contributed by atoms with Crippen LogP contribution in [0.5, 0.6) is 11.6 Å². The van der Waals surface area contributed by atoms with E-state index in [1.807, 2.05) is 6.07 Å². The molecule has 2 aromatic carbocycles. The fourth-order valence-electron chi connectivity index (χ4n) is 4.47. The fourth-order valence-corrected chi connectivity index (χ4v) is 4.47. The molecule has 0 bridgehead atoms. The number of benzene rings is 2. The number of rotatable bonds is 12. The van der Waals surface area contributed by atoms with E-state index in [1.165, 1.54) is 7.11 Å². The number of halogens is 3. The van der Waals surface area contributed by atoms with Gasteiger partial charge in [-0.05, 0) is 53.0 Å². The van der Waals surface area contributed by atoms with Crippen LogP contribution in [-0.2, 0) is 24.2 Å². The molecule has 1 aromatic heterocycles. The van der Waals surface area contributed by atoms with Gasteiger partial charge in [0.1, 0.15) is 18.2 Å². The van der Waals surface area contributed by atoms with Crippen molar-refractivity contribution in [2.24, 2.45) is 5.41 Å². The van der Waals surface area contributed by atoms with Gasteiger partial charge >= 0.3 is 5.97 Å². The molecular weight excluding hydrogens is 483 g/mol. The molecule has 3 rings (SSSR count). The van der Waals surface area contributed by atoms with Crippen molar-refractivity contribution in [1.82, 2.24) is 4.98 Å². The molecule has 0 fully saturated rings. The van der Waals surface area contributed by atoms with Crippen LogP contribution in [0.3, 0.4) is 0 Å². The van der Waals surface area contributed by atoms with Crippen molar-refractivity contribution < 1.29 is 32.5 Å². The summed E-state index contributed by atoms with van der Waals surface area (Å²) >= 11 is 0. The minimum atomic E-state index is -1.10. The molecule has 0 unspecified atom stereocenters. The van der Waals surface area contributed by atoms with E-state index in [0.29, 0.717) is 29.0 Å². The minimum Gasteiger partial charge on any atom is -0.486 e. The summed E-state index contributed by atoms with van der Waals surface area (Å²) in [6.45, 7) is 6.35.